The van der Waals surface area contributed by atoms with E-state index in [9.17, 15) is 5.11 Å². The van der Waals surface area contributed by atoms with Crippen LogP contribution in [0.15, 0.2) is 30.3 Å². The van der Waals surface area contributed by atoms with Crippen molar-refractivity contribution in [2.45, 2.75) is 57.0 Å². The van der Waals surface area contributed by atoms with Gasteiger partial charge < -0.3 is 5.11 Å². The maximum absolute atomic E-state index is 10.4. The SMILES string of the molecule is CC(C)CN1C(O)NCC12CCC(c1ccccc1)(N(C)C)CC2. The van der Waals surface area contributed by atoms with Crippen LogP contribution in [0, 0.1) is 5.92 Å². The van der Waals surface area contributed by atoms with Crippen LogP contribution in [-0.2, 0) is 5.54 Å². The fraction of sp³-hybridized carbons (Fsp3) is 0.700. The fourth-order valence-corrected chi connectivity index (χ4v) is 4.77. The van der Waals surface area contributed by atoms with Gasteiger partial charge in [0.05, 0.1) is 0 Å². The van der Waals surface area contributed by atoms with Gasteiger partial charge in [-0.2, -0.15) is 0 Å². The highest BCUT2D eigenvalue weighted by Gasteiger charge is 2.51. The molecule has 1 atom stereocenters. The lowest BCUT2D eigenvalue weighted by molar-refractivity contribution is -0.0639. The number of aliphatic hydroxyl groups is 1. The van der Waals surface area contributed by atoms with Gasteiger partial charge in [0.2, 0.25) is 0 Å². The van der Waals surface area contributed by atoms with E-state index in [4.69, 9.17) is 0 Å². The minimum atomic E-state index is -0.490. The Labute approximate surface area is 146 Å². The van der Waals surface area contributed by atoms with Gasteiger partial charge in [-0.25, -0.2) is 0 Å². The van der Waals surface area contributed by atoms with E-state index in [0.29, 0.717) is 5.92 Å². The Balaban J connectivity index is 1.83. The van der Waals surface area contributed by atoms with Crippen molar-refractivity contribution in [2.24, 2.45) is 5.92 Å². The number of nitrogens with one attached hydrogen (secondary N) is 1. The molecule has 1 saturated carbocycles. The van der Waals surface area contributed by atoms with Crippen molar-refractivity contribution < 1.29 is 5.11 Å². The second-order valence-electron chi connectivity index (χ2n) is 8.32. The first-order chi connectivity index (χ1) is 11.4. The Hall–Kier alpha value is -0.940. The van der Waals surface area contributed by atoms with Gasteiger partial charge in [-0.3, -0.25) is 15.1 Å². The Morgan fingerprint density at radius 3 is 2.33 bits per heavy atom. The van der Waals surface area contributed by atoms with E-state index in [1.54, 1.807) is 0 Å². The number of nitrogens with zero attached hydrogens (tertiary/aromatic N) is 2. The van der Waals surface area contributed by atoms with Crippen molar-refractivity contribution in [1.29, 1.82) is 0 Å². The van der Waals surface area contributed by atoms with Gasteiger partial charge >= 0.3 is 0 Å². The van der Waals surface area contributed by atoms with Crippen LogP contribution in [0.3, 0.4) is 0 Å². The number of benzene rings is 1. The quantitative estimate of drug-likeness (QED) is 0.889. The third-order valence-electron chi connectivity index (χ3n) is 6.26. The van der Waals surface area contributed by atoms with Gasteiger partial charge in [0.25, 0.3) is 0 Å². The third-order valence-corrected chi connectivity index (χ3v) is 6.26. The lowest BCUT2D eigenvalue weighted by atomic mass is 9.68. The molecule has 2 fully saturated rings. The molecule has 2 aliphatic rings. The molecule has 1 aliphatic carbocycles. The lowest BCUT2D eigenvalue weighted by Crippen LogP contribution is -2.56. The van der Waals surface area contributed by atoms with Crippen LogP contribution in [0.2, 0.25) is 0 Å². The van der Waals surface area contributed by atoms with Gasteiger partial charge in [0, 0.05) is 24.2 Å². The summed E-state index contributed by atoms with van der Waals surface area (Å²) < 4.78 is 0. The number of aliphatic hydroxyl groups excluding tert-OH is 1. The molecule has 1 unspecified atom stereocenters. The molecule has 4 nitrogen and oxygen atoms in total. The summed E-state index contributed by atoms with van der Waals surface area (Å²) >= 11 is 0. The molecule has 1 heterocycles. The molecule has 0 radical (unpaired) electrons. The van der Waals surface area contributed by atoms with Crippen molar-refractivity contribution in [2.75, 3.05) is 27.2 Å². The molecule has 2 N–H and O–H groups in total. The van der Waals surface area contributed by atoms with Gasteiger partial charge in [0.15, 0.2) is 6.35 Å². The Bertz CT molecular complexity index is 535. The predicted molar refractivity (Wildman–Crippen MR) is 98.6 cm³/mol. The first-order valence-electron chi connectivity index (χ1n) is 9.31. The predicted octanol–water partition coefficient (Wildman–Crippen LogP) is 2.59. The zero-order valence-corrected chi connectivity index (χ0v) is 15.6. The largest absolute Gasteiger partial charge is 0.365 e. The van der Waals surface area contributed by atoms with E-state index < -0.39 is 6.35 Å². The molecule has 0 bridgehead atoms. The molecular weight excluding hydrogens is 298 g/mol. The van der Waals surface area contributed by atoms with Crippen LogP contribution in [0.1, 0.15) is 45.1 Å². The van der Waals surface area contributed by atoms with Crippen molar-refractivity contribution in [1.82, 2.24) is 15.1 Å². The summed E-state index contributed by atoms with van der Waals surface area (Å²) in [4.78, 5) is 4.73. The topological polar surface area (TPSA) is 38.7 Å². The molecule has 4 heteroatoms. The van der Waals surface area contributed by atoms with Gasteiger partial charge in [-0.15, -0.1) is 0 Å². The fourth-order valence-electron chi connectivity index (χ4n) is 4.77. The molecule has 1 spiro atoms. The zero-order valence-electron chi connectivity index (χ0n) is 15.6. The standard InChI is InChI=1S/C20H33N3O/c1-16(2)14-23-18(24)21-15-19(23)10-12-20(13-11-19,22(3)4)17-8-6-5-7-9-17/h5-9,16,18,21,24H,10-15H2,1-4H3. The highest BCUT2D eigenvalue weighted by molar-refractivity contribution is 5.26. The van der Waals surface area contributed by atoms with Gasteiger partial charge in [-0.05, 0) is 51.3 Å². The summed E-state index contributed by atoms with van der Waals surface area (Å²) in [7, 11) is 4.41. The van der Waals surface area contributed by atoms with Crippen molar-refractivity contribution in [3.8, 4) is 0 Å². The molecule has 24 heavy (non-hydrogen) atoms. The normalized spacial score (nSPS) is 34.5. The van der Waals surface area contributed by atoms with Crippen LogP contribution in [0.4, 0.5) is 0 Å². The minimum absolute atomic E-state index is 0.109. The second-order valence-corrected chi connectivity index (χ2v) is 8.32. The van der Waals surface area contributed by atoms with Crippen molar-refractivity contribution in [3.63, 3.8) is 0 Å². The van der Waals surface area contributed by atoms with Crippen LogP contribution in [-0.4, -0.2) is 54.0 Å². The van der Waals surface area contributed by atoms with E-state index >= 15 is 0 Å². The monoisotopic (exact) mass is 331 g/mol. The van der Waals surface area contributed by atoms with Gasteiger partial charge in [-0.1, -0.05) is 44.2 Å². The Kier molecular flexibility index (Phi) is 5.03. The van der Waals surface area contributed by atoms with E-state index in [1.165, 1.54) is 5.56 Å². The summed E-state index contributed by atoms with van der Waals surface area (Å²) in [6.45, 7) is 6.32. The number of hydrogen-bond acceptors (Lipinski definition) is 4. The van der Waals surface area contributed by atoms with Crippen molar-refractivity contribution >= 4 is 0 Å². The average molecular weight is 332 g/mol. The second kappa shape index (κ2) is 6.75. The Morgan fingerprint density at radius 2 is 1.79 bits per heavy atom. The minimum Gasteiger partial charge on any atom is -0.365 e. The van der Waals surface area contributed by atoms with Crippen LogP contribution < -0.4 is 5.32 Å². The van der Waals surface area contributed by atoms with Crippen LogP contribution in [0.5, 0.6) is 0 Å². The molecule has 0 aromatic heterocycles. The van der Waals surface area contributed by atoms with Crippen molar-refractivity contribution in [3.05, 3.63) is 35.9 Å². The van der Waals surface area contributed by atoms with E-state index in [1.807, 2.05) is 0 Å². The first-order valence-corrected chi connectivity index (χ1v) is 9.31. The summed E-state index contributed by atoms with van der Waals surface area (Å²) in [5.74, 6) is 0.561. The van der Waals surface area contributed by atoms with E-state index in [-0.39, 0.29) is 11.1 Å². The van der Waals surface area contributed by atoms with E-state index in [2.05, 4.69) is 73.4 Å². The van der Waals surface area contributed by atoms with Crippen LogP contribution in [0.25, 0.3) is 0 Å². The first kappa shape index (κ1) is 17.9. The van der Waals surface area contributed by atoms with E-state index in [0.717, 1.165) is 38.8 Å². The highest BCUT2D eigenvalue weighted by Crippen LogP contribution is 2.47. The van der Waals surface area contributed by atoms with Crippen LogP contribution >= 0.6 is 0 Å². The summed E-state index contributed by atoms with van der Waals surface area (Å²) in [5, 5.41) is 13.7. The lowest BCUT2D eigenvalue weighted by Gasteiger charge is -2.51. The molecule has 3 rings (SSSR count). The molecule has 1 aromatic rings. The highest BCUT2D eigenvalue weighted by atomic mass is 16.3. The smallest absolute Gasteiger partial charge is 0.163 e. The third kappa shape index (κ3) is 3.01. The molecule has 1 aliphatic heterocycles. The summed E-state index contributed by atoms with van der Waals surface area (Å²) in [6, 6.07) is 10.9. The maximum Gasteiger partial charge on any atom is 0.163 e. The Morgan fingerprint density at radius 1 is 1.17 bits per heavy atom. The molecule has 0 amide bonds. The summed E-state index contributed by atoms with van der Waals surface area (Å²) in [6.07, 6.45) is 4.02. The molecular formula is C20H33N3O. The van der Waals surface area contributed by atoms with Gasteiger partial charge in [0.1, 0.15) is 0 Å². The molecule has 134 valence electrons. The molecule has 1 saturated heterocycles. The molecule has 1 aromatic carbocycles. The zero-order chi connectivity index (χ0) is 17.4. The number of hydrogen-bond donors (Lipinski definition) is 2. The maximum atomic E-state index is 10.4. The average Bonchev–Trinajstić information content (AvgIpc) is 2.86. The summed E-state index contributed by atoms with van der Waals surface area (Å²) in [5.41, 5.74) is 1.65. The number of rotatable bonds is 4.